The van der Waals surface area contributed by atoms with Crippen molar-refractivity contribution in [2.75, 3.05) is 41.7 Å². The zero-order chi connectivity index (χ0) is 16.7. The SMILES string of the molecule is Nc1ccccc1N1CCC2(CCN(c3ccc(Cl)cc3F)C2)C1. The molecule has 3 nitrogen and oxygen atoms in total. The van der Waals surface area contributed by atoms with Gasteiger partial charge >= 0.3 is 0 Å². The molecule has 126 valence electrons. The van der Waals surface area contributed by atoms with Crippen molar-refractivity contribution in [2.24, 2.45) is 5.41 Å². The molecule has 1 atom stereocenters. The minimum atomic E-state index is -0.235. The lowest BCUT2D eigenvalue weighted by Crippen LogP contribution is -2.31. The van der Waals surface area contributed by atoms with E-state index in [0.717, 1.165) is 50.4 Å². The van der Waals surface area contributed by atoms with Crippen molar-refractivity contribution in [3.63, 3.8) is 0 Å². The number of anilines is 3. The van der Waals surface area contributed by atoms with E-state index < -0.39 is 0 Å². The van der Waals surface area contributed by atoms with Gasteiger partial charge < -0.3 is 15.5 Å². The lowest BCUT2D eigenvalue weighted by Gasteiger charge is -2.27. The number of hydrogen-bond acceptors (Lipinski definition) is 3. The Balaban J connectivity index is 1.51. The molecule has 0 aliphatic carbocycles. The van der Waals surface area contributed by atoms with Crippen LogP contribution >= 0.6 is 11.6 Å². The zero-order valence-electron chi connectivity index (χ0n) is 13.5. The van der Waals surface area contributed by atoms with Crippen molar-refractivity contribution >= 4 is 28.7 Å². The summed E-state index contributed by atoms with van der Waals surface area (Å²) in [6.45, 7) is 3.75. The van der Waals surface area contributed by atoms with Gasteiger partial charge in [0.1, 0.15) is 5.82 Å². The fourth-order valence-corrected chi connectivity index (χ4v) is 4.29. The van der Waals surface area contributed by atoms with Gasteiger partial charge in [-0.05, 0) is 43.2 Å². The normalized spacial score (nSPS) is 23.4. The second-order valence-corrected chi connectivity index (χ2v) is 7.43. The van der Waals surface area contributed by atoms with Crippen LogP contribution in [0, 0.1) is 11.2 Å². The minimum Gasteiger partial charge on any atom is -0.397 e. The quantitative estimate of drug-likeness (QED) is 0.829. The van der Waals surface area contributed by atoms with Gasteiger partial charge in [0, 0.05) is 36.6 Å². The Morgan fingerprint density at radius 1 is 0.958 bits per heavy atom. The zero-order valence-corrected chi connectivity index (χ0v) is 14.3. The smallest absolute Gasteiger partial charge is 0.147 e. The Morgan fingerprint density at radius 2 is 1.62 bits per heavy atom. The fourth-order valence-electron chi connectivity index (χ4n) is 4.13. The maximum atomic E-state index is 14.2. The number of hydrogen-bond donors (Lipinski definition) is 1. The Labute approximate surface area is 146 Å². The highest BCUT2D eigenvalue weighted by molar-refractivity contribution is 6.30. The first kappa shape index (κ1) is 15.6. The fraction of sp³-hybridized carbons (Fsp3) is 0.368. The van der Waals surface area contributed by atoms with E-state index in [4.69, 9.17) is 17.3 Å². The number of rotatable bonds is 2. The molecule has 2 aliphatic heterocycles. The van der Waals surface area contributed by atoms with E-state index in [1.807, 2.05) is 18.2 Å². The molecule has 1 spiro atoms. The molecule has 2 aromatic carbocycles. The average Bonchev–Trinajstić information content (AvgIpc) is 3.15. The number of halogens is 2. The van der Waals surface area contributed by atoms with Crippen molar-refractivity contribution < 1.29 is 4.39 Å². The largest absolute Gasteiger partial charge is 0.397 e. The van der Waals surface area contributed by atoms with Gasteiger partial charge in [-0.1, -0.05) is 23.7 Å². The molecule has 24 heavy (non-hydrogen) atoms. The third-order valence-corrected chi connectivity index (χ3v) is 5.64. The second kappa shape index (κ2) is 5.85. The van der Waals surface area contributed by atoms with E-state index >= 15 is 0 Å². The number of nitrogen functional groups attached to an aromatic ring is 1. The highest BCUT2D eigenvalue weighted by Gasteiger charge is 2.44. The molecule has 2 heterocycles. The van der Waals surface area contributed by atoms with Crippen molar-refractivity contribution in [2.45, 2.75) is 12.8 Å². The van der Waals surface area contributed by atoms with Gasteiger partial charge in [-0.25, -0.2) is 4.39 Å². The first-order valence-corrected chi connectivity index (χ1v) is 8.74. The highest BCUT2D eigenvalue weighted by atomic mass is 35.5. The highest BCUT2D eigenvalue weighted by Crippen LogP contribution is 2.43. The van der Waals surface area contributed by atoms with Crippen molar-refractivity contribution in [3.05, 3.63) is 53.3 Å². The van der Waals surface area contributed by atoms with E-state index in [0.29, 0.717) is 10.7 Å². The Hall–Kier alpha value is -1.94. The molecule has 0 radical (unpaired) electrons. The lowest BCUT2D eigenvalue weighted by molar-refractivity contribution is 0.373. The summed E-state index contributed by atoms with van der Waals surface area (Å²) in [5.41, 5.74) is 8.95. The maximum absolute atomic E-state index is 14.2. The van der Waals surface area contributed by atoms with Crippen LogP contribution in [-0.2, 0) is 0 Å². The van der Waals surface area contributed by atoms with E-state index in [1.165, 1.54) is 6.07 Å². The second-order valence-electron chi connectivity index (χ2n) is 7.00. The first-order valence-electron chi connectivity index (χ1n) is 8.36. The molecule has 0 saturated carbocycles. The monoisotopic (exact) mass is 345 g/mol. The van der Waals surface area contributed by atoms with Crippen LogP contribution in [0.25, 0.3) is 0 Å². The van der Waals surface area contributed by atoms with Crippen LogP contribution in [0.15, 0.2) is 42.5 Å². The number of nitrogens with two attached hydrogens (primary N) is 1. The van der Waals surface area contributed by atoms with Gasteiger partial charge in [-0.2, -0.15) is 0 Å². The molecular formula is C19H21ClFN3. The van der Waals surface area contributed by atoms with E-state index in [2.05, 4.69) is 15.9 Å². The van der Waals surface area contributed by atoms with E-state index in [-0.39, 0.29) is 11.2 Å². The Bertz CT molecular complexity index is 766. The number of benzene rings is 2. The van der Waals surface area contributed by atoms with Crippen LogP contribution in [0.3, 0.4) is 0 Å². The molecule has 4 rings (SSSR count). The summed E-state index contributed by atoms with van der Waals surface area (Å²) in [6, 6.07) is 13.0. The molecule has 2 saturated heterocycles. The molecule has 0 amide bonds. The van der Waals surface area contributed by atoms with Gasteiger partial charge in [0.2, 0.25) is 0 Å². The molecule has 1 unspecified atom stereocenters. The van der Waals surface area contributed by atoms with Gasteiger partial charge in [0.05, 0.1) is 17.1 Å². The van der Waals surface area contributed by atoms with Gasteiger partial charge in [-0.3, -0.25) is 0 Å². The molecular weight excluding hydrogens is 325 g/mol. The van der Waals surface area contributed by atoms with E-state index in [9.17, 15) is 4.39 Å². The van der Waals surface area contributed by atoms with Gasteiger partial charge in [-0.15, -0.1) is 0 Å². The molecule has 2 aromatic rings. The molecule has 0 bridgehead atoms. The van der Waals surface area contributed by atoms with Crippen molar-refractivity contribution in [3.8, 4) is 0 Å². The summed E-state index contributed by atoms with van der Waals surface area (Å²) in [6.07, 6.45) is 2.20. The number of nitrogens with zero attached hydrogens (tertiary/aromatic N) is 2. The maximum Gasteiger partial charge on any atom is 0.147 e. The molecule has 2 aliphatic rings. The van der Waals surface area contributed by atoms with Crippen LogP contribution < -0.4 is 15.5 Å². The lowest BCUT2D eigenvalue weighted by atomic mass is 9.86. The summed E-state index contributed by atoms with van der Waals surface area (Å²) in [5.74, 6) is -0.235. The third-order valence-electron chi connectivity index (χ3n) is 5.40. The summed E-state index contributed by atoms with van der Waals surface area (Å²) in [5, 5.41) is 0.441. The summed E-state index contributed by atoms with van der Waals surface area (Å²) in [7, 11) is 0. The predicted molar refractivity (Wildman–Crippen MR) is 98.4 cm³/mol. The third kappa shape index (κ3) is 2.69. The van der Waals surface area contributed by atoms with Crippen LogP contribution in [0.2, 0.25) is 5.02 Å². The van der Waals surface area contributed by atoms with Crippen LogP contribution in [0.4, 0.5) is 21.5 Å². The van der Waals surface area contributed by atoms with Crippen molar-refractivity contribution in [1.82, 2.24) is 0 Å². The van der Waals surface area contributed by atoms with Crippen molar-refractivity contribution in [1.29, 1.82) is 0 Å². The minimum absolute atomic E-state index is 0.217. The summed E-state index contributed by atoms with van der Waals surface area (Å²) < 4.78 is 14.2. The molecule has 0 aromatic heterocycles. The average molecular weight is 346 g/mol. The van der Waals surface area contributed by atoms with Crippen LogP contribution in [-0.4, -0.2) is 26.2 Å². The molecule has 2 N–H and O–H groups in total. The van der Waals surface area contributed by atoms with Crippen LogP contribution in [0.5, 0.6) is 0 Å². The van der Waals surface area contributed by atoms with E-state index in [1.54, 1.807) is 12.1 Å². The topological polar surface area (TPSA) is 32.5 Å². The van der Waals surface area contributed by atoms with Gasteiger partial charge in [0.15, 0.2) is 0 Å². The Kier molecular flexibility index (Phi) is 3.80. The first-order chi connectivity index (χ1) is 11.6. The summed E-state index contributed by atoms with van der Waals surface area (Å²) >= 11 is 5.87. The number of para-hydroxylation sites is 2. The summed E-state index contributed by atoms with van der Waals surface area (Å²) in [4.78, 5) is 4.53. The van der Waals surface area contributed by atoms with Gasteiger partial charge in [0.25, 0.3) is 0 Å². The Morgan fingerprint density at radius 3 is 2.29 bits per heavy atom. The van der Waals surface area contributed by atoms with Crippen LogP contribution in [0.1, 0.15) is 12.8 Å². The molecule has 5 heteroatoms. The molecule has 2 fully saturated rings. The predicted octanol–water partition coefficient (Wildman–Crippen LogP) is 4.17. The standard InChI is InChI=1S/C19H21ClFN3/c20-14-5-6-17(15(21)11-14)23-9-7-19(12-23)8-10-24(13-19)18-4-2-1-3-16(18)22/h1-6,11H,7-10,12-13,22H2.